The zero-order valence-electron chi connectivity index (χ0n) is 15.7. The Bertz CT molecular complexity index is 1120. The molecule has 0 aromatic heterocycles. The summed E-state index contributed by atoms with van der Waals surface area (Å²) in [7, 11) is 0. The van der Waals surface area contributed by atoms with Gasteiger partial charge in [0.25, 0.3) is 0 Å². The topological polar surface area (TPSA) is 33.1 Å². The van der Waals surface area contributed by atoms with Gasteiger partial charge >= 0.3 is 0 Å². The van der Waals surface area contributed by atoms with Gasteiger partial charge in [-0.1, -0.05) is 18.2 Å². The van der Waals surface area contributed by atoms with Crippen LogP contribution in [0.3, 0.4) is 0 Å². The highest BCUT2D eigenvalue weighted by Gasteiger charge is 2.27. The molecular weight excluding hydrogens is 332 g/mol. The summed E-state index contributed by atoms with van der Waals surface area (Å²) in [5.41, 5.74) is 6.19. The molecule has 6 rings (SSSR count). The van der Waals surface area contributed by atoms with Crippen LogP contribution in [0, 0.1) is 0 Å². The summed E-state index contributed by atoms with van der Waals surface area (Å²) in [6.45, 7) is 5.45. The molecule has 1 saturated heterocycles. The summed E-state index contributed by atoms with van der Waals surface area (Å²) in [6, 6.07) is 16.7. The van der Waals surface area contributed by atoms with Crippen molar-refractivity contribution in [1.82, 2.24) is 14.9 Å². The Balaban J connectivity index is 1.59. The van der Waals surface area contributed by atoms with Crippen LogP contribution < -0.4 is 10.2 Å². The predicted octanol–water partition coefficient (Wildman–Crippen LogP) is 4.43. The number of aromatic nitrogens is 2. The number of nitrogens with one attached hydrogen (secondary N) is 1. The Morgan fingerprint density at radius 3 is 2.81 bits per heavy atom. The highest BCUT2D eigenvalue weighted by molar-refractivity contribution is 6.06. The van der Waals surface area contributed by atoms with E-state index in [4.69, 9.17) is 4.98 Å². The highest BCUT2D eigenvalue weighted by Crippen LogP contribution is 2.43. The van der Waals surface area contributed by atoms with Gasteiger partial charge in [-0.05, 0) is 44.0 Å². The van der Waals surface area contributed by atoms with E-state index >= 15 is 0 Å². The summed E-state index contributed by atoms with van der Waals surface area (Å²) < 4.78 is 2.51. The molecule has 1 unspecified atom stereocenters. The fraction of sp³-hybridized carbons (Fsp3) is 0.348. The molecule has 2 aromatic carbocycles. The number of hydrogen-bond acceptors (Lipinski definition) is 3. The maximum atomic E-state index is 4.98. The first-order valence-corrected chi connectivity index (χ1v) is 10.1. The van der Waals surface area contributed by atoms with E-state index in [1.54, 1.807) is 0 Å². The van der Waals surface area contributed by atoms with E-state index in [1.807, 2.05) is 0 Å². The number of piperazine rings is 1. The molecule has 1 saturated carbocycles. The van der Waals surface area contributed by atoms with Crippen molar-refractivity contribution in [1.29, 1.82) is 0 Å². The molecule has 2 aromatic rings. The standard InChI is InChI=1S/C23H24N4/c1-15-13-26(11-10-24-15)17-8-9-19-22(12-17)27(16-6-7-16)14-20-18-4-2-3-5-21(18)25-23(19)20/h2-5,8-9,12,14-16,24H,6-7,10-11,13H2,1H3. The minimum atomic E-state index is 0.537. The fourth-order valence-corrected chi connectivity index (χ4v) is 4.60. The molecular formula is C23H24N4. The largest absolute Gasteiger partial charge is 0.369 e. The number of anilines is 1. The van der Waals surface area contributed by atoms with Crippen LogP contribution in [-0.4, -0.2) is 35.2 Å². The van der Waals surface area contributed by atoms with Gasteiger partial charge in [-0.2, -0.15) is 0 Å². The molecule has 0 amide bonds. The number of rotatable bonds is 2. The van der Waals surface area contributed by atoms with Crippen LogP contribution >= 0.6 is 0 Å². The monoisotopic (exact) mass is 356 g/mol. The molecule has 4 heteroatoms. The van der Waals surface area contributed by atoms with E-state index in [2.05, 4.69) is 70.4 Å². The third-order valence-electron chi connectivity index (χ3n) is 6.14. The summed E-state index contributed by atoms with van der Waals surface area (Å²) in [6.07, 6.45) is 4.92. The van der Waals surface area contributed by atoms with E-state index in [0.717, 1.165) is 30.8 Å². The van der Waals surface area contributed by atoms with E-state index in [-0.39, 0.29) is 0 Å². The Labute approximate surface area is 159 Å². The van der Waals surface area contributed by atoms with Gasteiger partial charge in [-0.15, -0.1) is 0 Å². The normalized spacial score (nSPS) is 20.8. The first-order valence-electron chi connectivity index (χ1n) is 10.1. The van der Waals surface area contributed by atoms with Crippen molar-refractivity contribution in [2.45, 2.75) is 31.8 Å². The van der Waals surface area contributed by atoms with Gasteiger partial charge in [-0.25, -0.2) is 4.98 Å². The van der Waals surface area contributed by atoms with Crippen molar-refractivity contribution in [2.24, 2.45) is 0 Å². The second-order valence-electron chi connectivity index (χ2n) is 8.16. The molecule has 2 fully saturated rings. The fourth-order valence-electron chi connectivity index (χ4n) is 4.60. The SMILES string of the molecule is CC1CN(c2ccc3c4nc5ccccc5c-4cn(C4CC4)c3c2)CCN1. The Hall–Kier alpha value is -2.59. The summed E-state index contributed by atoms with van der Waals surface area (Å²) in [5, 5.41) is 6.09. The molecule has 3 heterocycles. The van der Waals surface area contributed by atoms with Crippen molar-refractivity contribution in [3.8, 4) is 11.3 Å². The van der Waals surface area contributed by atoms with Crippen LogP contribution in [0.4, 0.5) is 5.69 Å². The van der Waals surface area contributed by atoms with Gasteiger partial charge in [0, 0.05) is 59.9 Å². The number of nitrogens with zero attached hydrogens (tertiary/aromatic N) is 3. The number of pyridine rings is 1. The van der Waals surface area contributed by atoms with Crippen molar-refractivity contribution in [3.63, 3.8) is 0 Å². The third kappa shape index (κ3) is 2.43. The minimum Gasteiger partial charge on any atom is -0.369 e. The molecule has 4 aliphatic rings. The van der Waals surface area contributed by atoms with Gasteiger partial charge in [-0.3, -0.25) is 0 Å². The van der Waals surface area contributed by atoms with Gasteiger partial charge in [0.05, 0.1) is 16.7 Å². The quantitative estimate of drug-likeness (QED) is 0.577. The zero-order valence-corrected chi connectivity index (χ0v) is 15.7. The summed E-state index contributed by atoms with van der Waals surface area (Å²) in [5.74, 6) is 0. The summed E-state index contributed by atoms with van der Waals surface area (Å²) >= 11 is 0. The average Bonchev–Trinajstić information content (AvgIpc) is 3.47. The lowest BCUT2D eigenvalue weighted by molar-refractivity contribution is 0.485. The van der Waals surface area contributed by atoms with Gasteiger partial charge in [0.15, 0.2) is 0 Å². The highest BCUT2D eigenvalue weighted by atomic mass is 15.2. The maximum absolute atomic E-state index is 4.98. The van der Waals surface area contributed by atoms with Crippen molar-refractivity contribution >= 4 is 27.5 Å². The first kappa shape index (κ1) is 15.5. The second kappa shape index (κ2) is 5.70. The van der Waals surface area contributed by atoms with Crippen LogP contribution in [0.15, 0.2) is 48.7 Å². The number of benzene rings is 2. The minimum absolute atomic E-state index is 0.537. The van der Waals surface area contributed by atoms with Gasteiger partial charge in [0.1, 0.15) is 0 Å². The lowest BCUT2D eigenvalue weighted by Crippen LogP contribution is -2.49. The first-order chi connectivity index (χ1) is 13.3. The molecule has 0 spiro atoms. The van der Waals surface area contributed by atoms with Gasteiger partial charge < -0.3 is 14.8 Å². The molecule has 4 nitrogen and oxygen atoms in total. The van der Waals surface area contributed by atoms with Gasteiger partial charge in [0.2, 0.25) is 0 Å². The summed E-state index contributed by atoms with van der Waals surface area (Å²) in [4.78, 5) is 7.49. The number of hydrogen-bond donors (Lipinski definition) is 1. The average molecular weight is 356 g/mol. The molecule has 1 N–H and O–H groups in total. The van der Waals surface area contributed by atoms with E-state index in [0.29, 0.717) is 12.1 Å². The Morgan fingerprint density at radius 2 is 1.96 bits per heavy atom. The second-order valence-corrected chi connectivity index (χ2v) is 8.16. The Kier molecular flexibility index (Phi) is 3.27. The molecule has 27 heavy (non-hydrogen) atoms. The molecule has 0 radical (unpaired) electrons. The van der Waals surface area contributed by atoms with E-state index in [9.17, 15) is 0 Å². The van der Waals surface area contributed by atoms with Crippen LogP contribution in [0.25, 0.3) is 33.1 Å². The van der Waals surface area contributed by atoms with Crippen molar-refractivity contribution in [2.75, 3.05) is 24.5 Å². The van der Waals surface area contributed by atoms with E-state index in [1.165, 1.54) is 40.4 Å². The Morgan fingerprint density at radius 1 is 1.07 bits per heavy atom. The molecule has 3 aliphatic heterocycles. The van der Waals surface area contributed by atoms with Crippen LogP contribution in [0.5, 0.6) is 0 Å². The molecule has 136 valence electrons. The lowest BCUT2D eigenvalue weighted by Gasteiger charge is -2.34. The molecule has 0 bridgehead atoms. The smallest absolute Gasteiger partial charge is 0.0824 e. The maximum Gasteiger partial charge on any atom is 0.0824 e. The zero-order chi connectivity index (χ0) is 18.0. The van der Waals surface area contributed by atoms with E-state index < -0.39 is 0 Å². The number of fused-ring (bicyclic) bond motifs is 5. The van der Waals surface area contributed by atoms with Crippen LogP contribution in [0.2, 0.25) is 0 Å². The number of para-hydroxylation sites is 1. The van der Waals surface area contributed by atoms with Crippen LogP contribution in [0.1, 0.15) is 25.8 Å². The third-order valence-corrected chi connectivity index (χ3v) is 6.14. The predicted molar refractivity (Wildman–Crippen MR) is 112 cm³/mol. The van der Waals surface area contributed by atoms with Crippen molar-refractivity contribution < 1.29 is 0 Å². The van der Waals surface area contributed by atoms with Crippen LogP contribution in [-0.2, 0) is 0 Å². The lowest BCUT2D eigenvalue weighted by atomic mass is 10.0. The molecule has 1 aliphatic carbocycles. The van der Waals surface area contributed by atoms with Crippen molar-refractivity contribution in [3.05, 3.63) is 48.7 Å². The molecule has 1 atom stereocenters.